The molecule has 18 heavy (non-hydrogen) atoms. The van der Waals surface area contributed by atoms with Gasteiger partial charge < -0.3 is 5.11 Å². The minimum atomic E-state index is 0.188. The number of phenols is 1. The molecule has 1 nitrogen and oxygen atoms in total. The normalized spacial score (nSPS) is 11.0. The zero-order valence-electron chi connectivity index (χ0n) is 9.31. The van der Waals surface area contributed by atoms with Gasteiger partial charge in [0.1, 0.15) is 5.75 Å². The highest BCUT2D eigenvalue weighted by molar-refractivity contribution is 8.02. The lowest BCUT2D eigenvalue weighted by Crippen LogP contribution is -1.72. The standard InChI is InChI=1S/C14H10Cl2OS/c15-11-3-1-10(2-4-11)7-8-18-14-6-5-12(16)9-13(14)17/h1-9,17H/b8-7+. The molecule has 0 amide bonds. The predicted octanol–water partition coefficient (Wildman–Crippen LogP) is 5.46. The van der Waals surface area contributed by atoms with Gasteiger partial charge in [0, 0.05) is 10.0 Å². The third-order valence-corrected chi connectivity index (χ3v) is 3.60. The summed E-state index contributed by atoms with van der Waals surface area (Å²) < 4.78 is 0. The largest absolute Gasteiger partial charge is 0.507 e. The fourth-order valence-electron chi connectivity index (χ4n) is 1.35. The third-order valence-electron chi connectivity index (χ3n) is 2.25. The molecule has 0 saturated heterocycles. The van der Waals surface area contributed by atoms with Gasteiger partial charge in [-0.05, 0) is 47.4 Å². The van der Waals surface area contributed by atoms with Crippen LogP contribution in [0.5, 0.6) is 5.75 Å². The molecule has 0 unspecified atom stereocenters. The van der Waals surface area contributed by atoms with Crippen molar-refractivity contribution in [3.63, 3.8) is 0 Å². The predicted molar refractivity (Wildman–Crippen MR) is 79.5 cm³/mol. The SMILES string of the molecule is Oc1cc(Cl)ccc1S/C=C/c1ccc(Cl)cc1. The molecule has 4 heteroatoms. The molecule has 0 atom stereocenters. The summed E-state index contributed by atoms with van der Waals surface area (Å²) in [6.07, 6.45) is 1.95. The summed E-state index contributed by atoms with van der Waals surface area (Å²) in [7, 11) is 0. The summed E-state index contributed by atoms with van der Waals surface area (Å²) in [6.45, 7) is 0. The monoisotopic (exact) mass is 296 g/mol. The zero-order valence-corrected chi connectivity index (χ0v) is 11.6. The van der Waals surface area contributed by atoms with Crippen LogP contribution in [0.1, 0.15) is 5.56 Å². The zero-order chi connectivity index (χ0) is 13.0. The third kappa shape index (κ3) is 3.70. The molecule has 0 fully saturated rings. The molecule has 92 valence electrons. The molecule has 2 rings (SSSR count). The molecule has 0 aliphatic heterocycles. The lowest BCUT2D eigenvalue weighted by molar-refractivity contribution is 0.462. The van der Waals surface area contributed by atoms with Gasteiger partial charge in [0.15, 0.2) is 0 Å². The van der Waals surface area contributed by atoms with Gasteiger partial charge in [0.25, 0.3) is 0 Å². The van der Waals surface area contributed by atoms with Crippen LogP contribution in [0.3, 0.4) is 0 Å². The van der Waals surface area contributed by atoms with Gasteiger partial charge >= 0.3 is 0 Å². The van der Waals surface area contributed by atoms with E-state index < -0.39 is 0 Å². The minimum absolute atomic E-state index is 0.188. The molecule has 2 aromatic carbocycles. The van der Waals surface area contributed by atoms with Gasteiger partial charge in [-0.1, -0.05) is 47.1 Å². The molecule has 0 heterocycles. The molecule has 0 aromatic heterocycles. The number of benzene rings is 2. The van der Waals surface area contributed by atoms with Crippen molar-refractivity contribution in [1.29, 1.82) is 0 Å². The molecule has 0 spiro atoms. The van der Waals surface area contributed by atoms with Crippen LogP contribution in [-0.2, 0) is 0 Å². The Labute approximate surface area is 120 Å². The van der Waals surface area contributed by atoms with Crippen LogP contribution in [0.2, 0.25) is 10.0 Å². The molecular weight excluding hydrogens is 287 g/mol. The van der Waals surface area contributed by atoms with E-state index >= 15 is 0 Å². The number of hydrogen-bond donors (Lipinski definition) is 1. The van der Waals surface area contributed by atoms with Crippen molar-refractivity contribution >= 4 is 41.0 Å². The van der Waals surface area contributed by atoms with Crippen molar-refractivity contribution in [3.05, 3.63) is 63.5 Å². The highest BCUT2D eigenvalue weighted by Gasteiger charge is 2.00. The molecule has 0 bridgehead atoms. The highest BCUT2D eigenvalue weighted by Crippen LogP contribution is 2.31. The average molecular weight is 297 g/mol. The first kappa shape index (κ1) is 13.3. The lowest BCUT2D eigenvalue weighted by Gasteiger charge is -2.00. The molecule has 0 radical (unpaired) electrons. The van der Waals surface area contributed by atoms with Crippen molar-refractivity contribution in [2.45, 2.75) is 4.90 Å². The Hall–Kier alpha value is -1.09. The Morgan fingerprint density at radius 2 is 1.61 bits per heavy atom. The summed E-state index contributed by atoms with van der Waals surface area (Å²) in [5.41, 5.74) is 1.06. The summed E-state index contributed by atoms with van der Waals surface area (Å²) in [4.78, 5) is 0.768. The Morgan fingerprint density at radius 3 is 2.28 bits per heavy atom. The van der Waals surface area contributed by atoms with Gasteiger partial charge in [-0.2, -0.15) is 0 Å². The number of phenolic OH excluding ortho intramolecular Hbond substituents is 1. The Morgan fingerprint density at radius 1 is 0.944 bits per heavy atom. The summed E-state index contributed by atoms with van der Waals surface area (Å²) in [5.74, 6) is 0.188. The maximum atomic E-state index is 9.67. The van der Waals surface area contributed by atoms with Gasteiger partial charge in [0.05, 0.1) is 4.90 Å². The average Bonchev–Trinajstić information content (AvgIpc) is 2.34. The Kier molecular flexibility index (Phi) is 4.59. The van der Waals surface area contributed by atoms with E-state index in [4.69, 9.17) is 23.2 Å². The second-order valence-corrected chi connectivity index (χ2v) is 5.40. The first-order chi connectivity index (χ1) is 8.65. The first-order valence-corrected chi connectivity index (χ1v) is 6.86. The van der Waals surface area contributed by atoms with Crippen LogP contribution in [0.15, 0.2) is 52.8 Å². The summed E-state index contributed by atoms with van der Waals surface area (Å²) in [5, 5.41) is 12.8. The number of thioether (sulfide) groups is 1. The van der Waals surface area contributed by atoms with Crippen molar-refractivity contribution < 1.29 is 5.11 Å². The molecule has 1 N–H and O–H groups in total. The number of hydrogen-bond acceptors (Lipinski definition) is 2. The van der Waals surface area contributed by atoms with Crippen LogP contribution >= 0.6 is 35.0 Å². The highest BCUT2D eigenvalue weighted by atomic mass is 35.5. The maximum absolute atomic E-state index is 9.67. The van der Waals surface area contributed by atoms with E-state index in [-0.39, 0.29) is 5.75 Å². The Balaban J connectivity index is 2.05. The number of halogens is 2. The summed E-state index contributed by atoms with van der Waals surface area (Å²) >= 11 is 13.0. The van der Waals surface area contributed by atoms with E-state index in [0.717, 1.165) is 15.5 Å². The van der Waals surface area contributed by atoms with E-state index in [9.17, 15) is 5.11 Å². The molecule has 0 saturated carbocycles. The first-order valence-electron chi connectivity index (χ1n) is 5.22. The molecular formula is C14H10Cl2OS. The number of rotatable bonds is 3. The van der Waals surface area contributed by atoms with Crippen LogP contribution in [0.4, 0.5) is 0 Å². The van der Waals surface area contributed by atoms with E-state index in [2.05, 4.69) is 0 Å². The summed E-state index contributed by atoms with van der Waals surface area (Å²) in [6, 6.07) is 12.6. The maximum Gasteiger partial charge on any atom is 0.130 e. The molecule has 0 aliphatic rings. The van der Waals surface area contributed by atoms with E-state index in [1.54, 1.807) is 12.1 Å². The van der Waals surface area contributed by atoms with Gasteiger partial charge in [0.2, 0.25) is 0 Å². The topological polar surface area (TPSA) is 20.2 Å². The van der Waals surface area contributed by atoms with Gasteiger partial charge in [-0.25, -0.2) is 0 Å². The van der Waals surface area contributed by atoms with Crippen molar-refractivity contribution in [2.75, 3.05) is 0 Å². The minimum Gasteiger partial charge on any atom is -0.507 e. The van der Waals surface area contributed by atoms with Crippen LogP contribution in [0.25, 0.3) is 6.08 Å². The van der Waals surface area contributed by atoms with Crippen LogP contribution in [-0.4, -0.2) is 5.11 Å². The fourth-order valence-corrected chi connectivity index (χ4v) is 2.34. The molecule has 2 aromatic rings. The van der Waals surface area contributed by atoms with Crippen molar-refractivity contribution in [1.82, 2.24) is 0 Å². The quantitative estimate of drug-likeness (QED) is 0.759. The van der Waals surface area contributed by atoms with Crippen molar-refractivity contribution in [2.24, 2.45) is 0 Å². The van der Waals surface area contributed by atoms with Crippen LogP contribution < -0.4 is 0 Å². The van der Waals surface area contributed by atoms with Gasteiger partial charge in [-0.3, -0.25) is 0 Å². The number of aromatic hydroxyl groups is 1. The fraction of sp³-hybridized carbons (Fsp3) is 0. The van der Waals surface area contributed by atoms with Crippen molar-refractivity contribution in [3.8, 4) is 5.75 Å². The van der Waals surface area contributed by atoms with E-state index in [1.807, 2.05) is 35.7 Å². The Bertz CT molecular complexity index is 565. The van der Waals surface area contributed by atoms with Gasteiger partial charge in [-0.15, -0.1) is 0 Å². The van der Waals surface area contributed by atoms with E-state index in [0.29, 0.717) is 5.02 Å². The van der Waals surface area contributed by atoms with Crippen LogP contribution in [0, 0.1) is 0 Å². The molecule has 0 aliphatic carbocycles. The second-order valence-electron chi connectivity index (χ2n) is 3.58. The smallest absolute Gasteiger partial charge is 0.130 e. The second kappa shape index (κ2) is 6.19. The van der Waals surface area contributed by atoms with E-state index in [1.165, 1.54) is 17.8 Å². The lowest BCUT2D eigenvalue weighted by atomic mass is 10.2.